The Bertz CT molecular complexity index is 293. The van der Waals surface area contributed by atoms with Gasteiger partial charge in [0.15, 0.2) is 0 Å². The molecule has 0 aromatic heterocycles. The summed E-state index contributed by atoms with van der Waals surface area (Å²) >= 11 is 0. The van der Waals surface area contributed by atoms with E-state index in [2.05, 4.69) is 43.1 Å². The maximum atomic E-state index is 9.46. The third-order valence-corrected chi connectivity index (χ3v) is 3.71. The maximum absolute atomic E-state index is 9.46. The lowest BCUT2D eigenvalue weighted by Gasteiger charge is -2.42. The van der Waals surface area contributed by atoms with Gasteiger partial charge in [0.2, 0.25) is 0 Å². The molecule has 1 saturated heterocycles. The smallest absolute Gasteiger partial charge is 0.131 e. The summed E-state index contributed by atoms with van der Waals surface area (Å²) in [5, 5.41) is 12.8. The van der Waals surface area contributed by atoms with E-state index in [-0.39, 0.29) is 24.4 Å². The highest BCUT2D eigenvalue weighted by molar-refractivity contribution is 5.10. The molecule has 0 saturated carbocycles. The van der Waals surface area contributed by atoms with Gasteiger partial charge in [-0.3, -0.25) is 4.90 Å². The van der Waals surface area contributed by atoms with Crippen LogP contribution in [-0.4, -0.2) is 53.6 Å². The molecule has 2 rings (SSSR count). The molecule has 0 spiro atoms. The summed E-state index contributed by atoms with van der Waals surface area (Å²) in [6, 6.07) is 0.0803. The molecule has 0 radical (unpaired) electrons. The number of nitrogens with zero attached hydrogens (tertiary/aromatic N) is 1. The molecule has 104 valence electrons. The zero-order valence-electron chi connectivity index (χ0n) is 11.7. The fourth-order valence-electron chi connectivity index (χ4n) is 2.87. The lowest BCUT2D eigenvalue weighted by atomic mass is 10.0. The summed E-state index contributed by atoms with van der Waals surface area (Å²) in [6.07, 6.45) is 6.65. The minimum atomic E-state index is -0.00548. The standard InChI is InChI=1S/C14H26N2O2/c1-14(2,3)16-11(10-17)4-5-13(16)18-12-6-8-15-9-7-12/h4-5,11-13,15,17H,6-10H2,1-3H3. The lowest BCUT2D eigenvalue weighted by Crippen LogP contribution is -2.53. The lowest BCUT2D eigenvalue weighted by molar-refractivity contribution is -0.116. The number of hydrogen-bond acceptors (Lipinski definition) is 4. The summed E-state index contributed by atoms with van der Waals surface area (Å²) < 4.78 is 6.21. The highest BCUT2D eigenvalue weighted by Crippen LogP contribution is 2.29. The predicted octanol–water partition coefficient (Wildman–Crippen LogP) is 1.11. The first-order valence-electron chi connectivity index (χ1n) is 6.96. The van der Waals surface area contributed by atoms with E-state index < -0.39 is 0 Å². The first kappa shape index (κ1) is 14.0. The maximum Gasteiger partial charge on any atom is 0.131 e. The third-order valence-electron chi connectivity index (χ3n) is 3.71. The largest absolute Gasteiger partial charge is 0.394 e. The molecule has 2 unspecified atom stereocenters. The molecule has 2 heterocycles. The first-order valence-corrected chi connectivity index (χ1v) is 6.96. The van der Waals surface area contributed by atoms with Crippen LogP contribution in [0.3, 0.4) is 0 Å². The highest BCUT2D eigenvalue weighted by atomic mass is 16.5. The fraction of sp³-hybridized carbons (Fsp3) is 0.857. The Kier molecular flexibility index (Phi) is 4.43. The molecule has 0 aromatic carbocycles. The van der Waals surface area contributed by atoms with Gasteiger partial charge in [0, 0.05) is 5.54 Å². The molecule has 2 aliphatic rings. The van der Waals surface area contributed by atoms with Crippen molar-refractivity contribution in [1.82, 2.24) is 10.2 Å². The van der Waals surface area contributed by atoms with Crippen LogP contribution in [0.4, 0.5) is 0 Å². The molecule has 2 N–H and O–H groups in total. The summed E-state index contributed by atoms with van der Waals surface area (Å²) in [5.74, 6) is 0. The quantitative estimate of drug-likeness (QED) is 0.741. The normalized spacial score (nSPS) is 31.1. The van der Waals surface area contributed by atoms with E-state index in [1.165, 1.54) is 0 Å². The van der Waals surface area contributed by atoms with Crippen LogP contribution in [0.25, 0.3) is 0 Å². The van der Waals surface area contributed by atoms with Gasteiger partial charge >= 0.3 is 0 Å². The van der Waals surface area contributed by atoms with Crippen LogP contribution in [0.15, 0.2) is 12.2 Å². The van der Waals surface area contributed by atoms with E-state index in [9.17, 15) is 5.11 Å². The zero-order valence-corrected chi connectivity index (χ0v) is 11.7. The second-order valence-electron chi connectivity index (χ2n) is 6.19. The number of nitrogens with one attached hydrogen (secondary N) is 1. The summed E-state index contributed by atoms with van der Waals surface area (Å²) in [4.78, 5) is 2.26. The van der Waals surface area contributed by atoms with Gasteiger partial charge in [0.25, 0.3) is 0 Å². The molecule has 2 atom stereocenters. The van der Waals surface area contributed by atoms with Gasteiger partial charge in [0.05, 0.1) is 18.8 Å². The van der Waals surface area contributed by atoms with Crippen molar-refractivity contribution in [3.63, 3.8) is 0 Å². The van der Waals surface area contributed by atoms with Gasteiger partial charge in [-0.2, -0.15) is 0 Å². The van der Waals surface area contributed by atoms with Gasteiger partial charge in [-0.1, -0.05) is 6.08 Å². The monoisotopic (exact) mass is 254 g/mol. The van der Waals surface area contributed by atoms with E-state index in [1.807, 2.05) is 0 Å². The Labute approximate surface area is 110 Å². The number of aliphatic hydroxyl groups is 1. The summed E-state index contributed by atoms with van der Waals surface area (Å²) in [6.45, 7) is 8.74. The molecule has 0 bridgehead atoms. The number of ether oxygens (including phenoxy) is 1. The predicted molar refractivity (Wildman–Crippen MR) is 72.4 cm³/mol. The van der Waals surface area contributed by atoms with Crippen molar-refractivity contribution in [1.29, 1.82) is 0 Å². The number of hydrogen-bond donors (Lipinski definition) is 2. The Morgan fingerprint density at radius 3 is 2.50 bits per heavy atom. The molecule has 0 aliphatic carbocycles. The van der Waals surface area contributed by atoms with Gasteiger partial charge in [-0.05, 0) is 52.8 Å². The van der Waals surface area contributed by atoms with Crippen molar-refractivity contribution in [3.05, 3.63) is 12.2 Å². The van der Waals surface area contributed by atoms with Crippen molar-refractivity contribution in [2.75, 3.05) is 19.7 Å². The SMILES string of the molecule is CC(C)(C)N1C(CO)C=CC1OC1CCNCC1. The Morgan fingerprint density at radius 2 is 1.94 bits per heavy atom. The van der Waals surface area contributed by atoms with Crippen LogP contribution in [-0.2, 0) is 4.74 Å². The second kappa shape index (κ2) is 5.70. The van der Waals surface area contributed by atoms with Crippen LogP contribution >= 0.6 is 0 Å². The Hall–Kier alpha value is -0.420. The molecule has 18 heavy (non-hydrogen) atoms. The first-order chi connectivity index (χ1) is 8.52. The van der Waals surface area contributed by atoms with E-state index in [0.29, 0.717) is 6.10 Å². The fourth-order valence-corrected chi connectivity index (χ4v) is 2.87. The molecule has 1 fully saturated rings. The van der Waals surface area contributed by atoms with Crippen molar-refractivity contribution >= 4 is 0 Å². The van der Waals surface area contributed by atoms with Crippen LogP contribution in [0.5, 0.6) is 0 Å². The van der Waals surface area contributed by atoms with Gasteiger partial charge < -0.3 is 15.2 Å². The molecule has 0 aromatic rings. The third kappa shape index (κ3) is 3.12. The number of aliphatic hydroxyl groups excluding tert-OH is 1. The van der Waals surface area contributed by atoms with Gasteiger partial charge in [-0.15, -0.1) is 0 Å². The molecule has 4 nitrogen and oxygen atoms in total. The highest BCUT2D eigenvalue weighted by Gasteiger charge is 2.38. The van der Waals surface area contributed by atoms with E-state index >= 15 is 0 Å². The number of piperidine rings is 1. The Balaban J connectivity index is 2.00. The molecular weight excluding hydrogens is 228 g/mol. The van der Waals surface area contributed by atoms with Crippen molar-refractivity contribution < 1.29 is 9.84 Å². The molecule has 2 aliphatic heterocycles. The van der Waals surface area contributed by atoms with E-state index in [1.54, 1.807) is 0 Å². The van der Waals surface area contributed by atoms with Crippen molar-refractivity contribution in [2.45, 2.75) is 57.5 Å². The average molecular weight is 254 g/mol. The topological polar surface area (TPSA) is 44.7 Å². The Morgan fingerprint density at radius 1 is 1.28 bits per heavy atom. The molecule has 4 heteroatoms. The van der Waals surface area contributed by atoms with Crippen LogP contribution in [0.2, 0.25) is 0 Å². The minimum Gasteiger partial charge on any atom is -0.394 e. The van der Waals surface area contributed by atoms with E-state index in [0.717, 1.165) is 25.9 Å². The van der Waals surface area contributed by atoms with Gasteiger partial charge in [0.1, 0.15) is 6.23 Å². The van der Waals surface area contributed by atoms with Crippen molar-refractivity contribution in [3.8, 4) is 0 Å². The minimum absolute atomic E-state index is 0.00486. The van der Waals surface area contributed by atoms with Crippen LogP contribution in [0.1, 0.15) is 33.6 Å². The number of rotatable bonds is 3. The molecular formula is C14H26N2O2. The van der Waals surface area contributed by atoms with E-state index in [4.69, 9.17) is 4.74 Å². The van der Waals surface area contributed by atoms with Crippen LogP contribution < -0.4 is 5.32 Å². The second-order valence-corrected chi connectivity index (χ2v) is 6.19. The molecule has 0 amide bonds. The van der Waals surface area contributed by atoms with Gasteiger partial charge in [-0.25, -0.2) is 0 Å². The van der Waals surface area contributed by atoms with Crippen LogP contribution in [0, 0.1) is 0 Å². The summed E-state index contributed by atoms with van der Waals surface area (Å²) in [5.41, 5.74) is -0.00548. The zero-order chi connectivity index (χ0) is 13.2. The average Bonchev–Trinajstić information content (AvgIpc) is 2.73. The summed E-state index contributed by atoms with van der Waals surface area (Å²) in [7, 11) is 0. The van der Waals surface area contributed by atoms with Crippen molar-refractivity contribution in [2.24, 2.45) is 0 Å².